The van der Waals surface area contributed by atoms with E-state index >= 15 is 0 Å². The quantitative estimate of drug-likeness (QED) is 0.165. The lowest BCUT2D eigenvalue weighted by Crippen LogP contribution is -2.62. The van der Waals surface area contributed by atoms with Gasteiger partial charge in [-0.15, -0.1) is 0 Å². The average molecular weight is 845 g/mol. The van der Waals surface area contributed by atoms with Crippen LogP contribution in [-0.4, -0.2) is 6.71 Å². The zero-order chi connectivity index (χ0) is 45.3. The number of aryl methyl sites for hydroxylation is 2. The molecule has 0 N–H and O–H groups in total. The van der Waals surface area contributed by atoms with Crippen molar-refractivity contribution in [3.05, 3.63) is 136 Å². The first-order valence-corrected chi connectivity index (χ1v) is 24.4. The van der Waals surface area contributed by atoms with Gasteiger partial charge >= 0.3 is 0 Å². The van der Waals surface area contributed by atoms with Crippen LogP contribution in [0.4, 0.5) is 34.3 Å². The van der Waals surface area contributed by atoms with Gasteiger partial charge in [-0.2, -0.15) is 0 Å². The first kappa shape index (κ1) is 41.7. The molecule has 1 aromatic heterocycles. The number of anilines is 6. The van der Waals surface area contributed by atoms with Gasteiger partial charge in [-0.1, -0.05) is 137 Å². The van der Waals surface area contributed by atoms with Crippen LogP contribution in [0.5, 0.6) is 0 Å². The molecule has 0 bridgehead atoms. The number of nitrogens with zero attached hydrogens (tertiary/aromatic N) is 2. The molecule has 0 unspecified atom stereocenters. The van der Waals surface area contributed by atoms with Crippen LogP contribution in [0, 0.1) is 13.8 Å². The number of furan rings is 1. The molecule has 0 radical (unpaired) electrons. The summed E-state index contributed by atoms with van der Waals surface area (Å²) in [5.74, 6) is 2.19. The van der Waals surface area contributed by atoms with Gasteiger partial charge in [0, 0.05) is 33.7 Å². The number of benzene rings is 5. The molecular formula is C60H69BN2O. The van der Waals surface area contributed by atoms with Crippen molar-refractivity contribution in [3.8, 4) is 11.1 Å². The topological polar surface area (TPSA) is 19.6 Å². The molecule has 4 heteroatoms. The molecule has 11 rings (SSSR count). The van der Waals surface area contributed by atoms with Crippen LogP contribution in [0.25, 0.3) is 11.1 Å². The first-order chi connectivity index (χ1) is 30.0. The van der Waals surface area contributed by atoms with Gasteiger partial charge < -0.3 is 9.32 Å². The van der Waals surface area contributed by atoms with E-state index in [1.807, 2.05) is 0 Å². The summed E-state index contributed by atoms with van der Waals surface area (Å²) in [6.45, 7) is 34.0. The molecule has 0 saturated carbocycles. The summed E-state index contributed by atoms with van der Waals surface area (Å²) in [6.07, 6.45) is 6.93. The van der Waals surface area contributed by atoms with Gasteiger partial charge in [0.25, 0.3) is 6.71 Å². The average Bonchev–Trinajstić information content (AvgIpc) is 3.66. The fourth-order valence-corrected chi connectivity index (χ4v) is 13.0. The molecule has 3 nitrogen and oxygen atoms in total. The molecule has 3 heterocycles. The maximum Gasteiger partial charge on any atom is 0.256 e. The molecule has 0 atom stereocenters. The Labute approximate surface area is 384 Å². The summed E-state index contributed by atoms with van der Waals surface area (Å²) in [7, 11) is 0. The highest BCUT2D eigenvalue weighted by Gasteiger charge is 2.53. The molecule has 0 spiro atoms. The van der Waals surface area contributed by atoms with Crippen LogP contribution in [0.2, 0.25) is 0 Å². The zero-order valence-corrected chi connectivity index (χ0v) is 41.3. The van der Waals surface area contributed by atoms with Gasteiger partial charge in [-0.25, -0.2) is 0 Å². The molecule has 64 heavy (non-hydrogen) atoms. The third-order valence-electron chi connectivity index (χ3n) is 17.3. The predicted molar refractivity (Wildman–Crippen MR) is 273 cm³/mol. The SMILES string of the molecule is Cc1ccc2c(c1)B1c3c(cc(C)cc3N(c3ccc4c(c3)C(C)(C)CCC4(C)C)c3oc4c(c31)C(C)(C)CCC4(C)C)N2c1cc2c(cc1-c1ccccc1)C(C)(C)CCC2(C)C. The third kappa shape index (κ3) is 5.92. The predicted octanol–water partition coefficient (Wildman–Crippen LogP) is 14.7. The highest BCUT2D eigenvalue weighted by molar-refractivity contribution is 7.00. The Bertz CT molecular complexity index is 2940. The molecule has 0 fully saturated rings. The van der Waals surface area contributed by atoms with Crippen LogP contribution in [0.3, 0.4) is 0 Å². The third-order valence-corrected chi connectivity index (χ3v) is 17.3. The fourth-order valence-electron chi connectivity index (χ4n) is 13.0. The molecule has 5 aromatic carbocycles. The van der Waals surface area contributed by atoms with Crippen molar-refractivity contribution < 1.29 is 4.42 Å². The van der Waals surface area contributed by atoms with Crippen LogP contribution in [0.1, 0.15) is 166 Å². The molecule has 3 aliphatic carbocycles. The van der Waals surface area contributed by atoms with Crippen LogP contribution >= 0.6 is 0 Å². The summed E-state index contributed by atoms with van der Waals surface area (Å²) in [6, 6.07) is 36.1. The Morgan fingerprint density at radius 3 is 1.67 bits per heavy atom. The molecule has 5 aliphatic rings. The maximum absolute atomic E-state index is 7.63. The fraction of sp³-hybridized carbons (Fsp3) is 0.433. The standard InChI is InChI=1S/C60H69BN2O/c1-36-20-23-46-45(30-36)61-51-48(31-37(2)32-49(51)63(46)47-35-44-43(57(7,8)26-27-58(44,9)10)34-40(47)38-18-16-15-17-19-38)62(39-21-22-41-42(33-39)56(5,6)25-24-55(41,3)4)54-52(61)50-53(64-54)60(13,14)29-28-59(50,11)12/h15-23,30-35H,24-29H2,1-14H3. The second kappa shape index (κ2) is 13.3. The van der Waals surface area contributed by atoms with E-state index in [4.69, 9.17) is 4.42 Å². The van der Waals surface area contributed by atoms with Crippen molar-refractivity contribution in [1.82, 2.24) is 0 Å². The van der Waals surface area contributed by atoms with Crippen molar-refractivity contribution in [2.24, 2.45) is 0 Å². The molecule has 328 valence electrons. The summed E-state index contributed by atoms with van der Waals surface area (Å²) in [5.41, 5.74) is 22.9. The van der Waals surface area contributed by atoms with E-state index in [9.17, 15) is 0 Å². The van der Waals surface area contributed by atoms with Gasteiger partial charge in [-0.3, -0.25) is 4.90 Å². The molecule has 2 aliphatic heterocycles. The zero-order valence-electron chi connectivity index (χ0n) is 41.3. The lowest BCUT2D eigenvalue weighted by atomic mass is 9.32. The minimum atomic E-state index is -0.0922. The minimum absolute atomic E-state index is 0.00449. The molecule has 0 saturated heterocycles. The Balaban J connectivity index is 1.27. The monoisotopic (exact) mass is 845 g/mol. The summed E-state index contributed by atoms with van der Waals surface area (Å²) in [5, 5.41) is 0. The summed E-state index contributed by atoms with van der Waals surface area (Å²) < 4.78 is 7.63. The van der Waals surface area contributed by atoms with E-state index < -0.39 is 0 Å². The summed E-state index contributed by atoms with van der Waals surface area (Å²) >= 11 is 0. The van der Waals surface area contributed by atoms with Crippen LogP contribution in [0.15, 0.2) is 95.4 Å². The second-order valence-electron chi connectivity index (χ2n) is 24.7. The second-order valence-corrected chi connectivity index (χ2v) is 24.7. The van der Waals surface area contributed by atoms with Gasteiger partial charge in [0.2, 0.25) is 0 Å². The van der Waals surface area contributed by atoms with Crippen LogP contribution < -0.4 is 26.2 Å². The van der Waals surface area contributed by atoms with E-state index in [1.54, 1.807) is 0 Å². The summed E-state index contributed by atoms with van der Waals surface area (Å²) in [4.78, 5) is 5.25. The number of fused-ring (bicyclic) bond motifs is 8. The van der Waals surface area contributed by atoms with Crippen molar-refractivity contribution in [3.63, 3.8) is 0 Å². The number of rotatable bonds is 3. The maximum atomic E-state index is 7.63. The normalized spacial score (nSPS) is 20.9. The number of hydrogen-bond acceptors (Lipinski definition) is 3. The van der Waals surface area contributed by atoms with Crippen LogP contribution in [-0.2, 0) is 32.5 Å². The minimum Gasteiger partial charge on any atom is -0.444 e. The Hall–Kier alpha value is -4.96. The highest BCUT2D eigenvalue weighted by atomic mass is 16.4. The number of hydrogen-bond donors (Lipinski definition) is 0. The Kier molecular flexibility index (Phi) is 8.69. The van der Waals surface area contributed by atoms with Gasteiger partial charge in [0.1, 0.15) is 5.76 Å². The molecular weight excluding hydrogens is 775 g/mol. The van der Waals surface area contributed by atoms with Crippen molar-refractivity contribution in [2.45, 2.75) is 168 Å². The van der Waals surface area contributed by atoms with E-state index in [0.29, 0.717) is 0 Å². The van der Waals surface area contributed by atoms with Gasteiger partial charge in [0.15, 0.2) is 5.88 Å². The Morgan fingerprint density at radius 2 is 1.02 bits per heavy atom. The van der Waals surface area contributed by atoms with E-state index in [2.05, 4.69) is 198 Å². The van der Waals surface area contributed by atoms with E-state index in [1.165, 1.54) is 126 Å². The van der Waals surface area contributed by atoms with Crippen molar-refractivity contribution in [1.29, 1.82) is 0 Å². The smallest absolute Gasteiger partial charge is 0.256 e. The van der Waals surface area contributed by atoms with Crippen molar-refractivity contribution in [2.75, 3.05) is 9.80 Å². The molecule has 0 amide bonds. The lowest BCUT2D eigenvalue weighted by molar-refractivity contribution is 0.280. The van der Waals surface area contributed by atoms with Gasteiger partial charge in [-0.05, 0) is 177 Å². The lowest BCUT2D eigenvalue weighted by Gasteiger charge is -2.46. The van der Waals surface area contributed by atoms with Gasteiger partial charge in [0.05, 0.1) is 5.69 Å². The Morgan fingerprint density at radius 1 is 0.453 bits per heavy atom. The molecule has 6 aromatic rings. The van der Waals surface area contributed by atoms with E-state index in [-0.39, 0.29) is 39.2 Å². The largest absolute Gasteiger partial charge is 0.444 e. The highest BCUT2D eigenvalue weighted by Crippen LogP contribution is 2.56. The van der Waals surface area contributed by atoms with E-state index in [0.717, 1.165) is 18.7 Å². The van der Waals surface area contributed by atoms with Crippen molar-refractivity contribution >= 4 is 57.4 Å². The first-order valence-electron chi connectivity index (χ1n) is 24.4.